The van der Waals surface area contributed by atoms with Crippen molar-refractivity contribution in [1.82, 2.24) is 19.8 Å². The van der Waals surface area contributed by atoms with E-state index in [9.17, 15) is 5.11 Å². The van der Waals surface area contributed by atoms with Crippen LogP contribution in [0, 0.1) is 0 Å². The molecular weight excluding hydrogens is 324 g/mol. The van der Waals surface area contributed by atoms with E-state index < -0.39 is 0 Å². The van der Waals surface area contributed by atoms with Crippen molar-refractivity contribution in [2.75, 3.05) is 32.7 Å². The molecule has 1 N–H and O–H groups in total. The van der Waals surface area contributed by atoms with Gasteiger partial charge in [-0.2, -0.15) is 0 Å². The third-order valence-corrected chi connectivity index (χ3v) is 5.26. The average molecular weight is 348 g/mol. The molecule has 1 unspecified atom stereocenters. The first-order valence-corrected chi connectivity index (χ1v) is 9.22. The quantitative estimate of drug-likeness (QED) is 0.785. The fraction of sp³-hybridized carbons (Fsp3) is 0.333. The minimum atomic E-state index is -0.0680. The molecule has 4 rings (SSSR count). The smallest absolute Gasteiger partial charge is 0.146 e. The lowest BCUT2D eigenvalue weighted by atomic mass is 9.97. The summed E-state index contributed by atoms with van der Waals surface area (Å²) in [5, 5.41) is 11.9. The molecule has 0 amide bonds. The van der Waals surface area contributed by atoms with Crippen LogP contribution in [0.1, 0.15) is 24.2 Å². The second kappa shape index (κ2) is 7.40. The molecule has 1 fully saturated rings. The number of phenolic OH excluding ortho intramolecular Hbond substituents is 1. The topological polar surface area (TPSA) is 52.5 Å². The van der Waals surface area contributed by atoms with E-state index in [0.29, 0.717) is 5.52 Å². The lowest BCUT2D eigenvalue weighted by molar-refractivity contribution is 0.111. The van der Waals surface area contributed by atoms with Gasteiger partial charge < -0.3 is 10.0 Å². The number of piperazine rings is 1. The Morgan fingerprint density at radius 1 is 0.962 bits per heavy atom. The van der Waals surface area contributed by atoms with E-state index in [2.05, 4.69) is 26.7 Å². The fourth-order valence-electron chi connectivity index (χ4n) is 3.78. The monoisotopic (exact) mass is 348 g/mol. The van der Waals surface area contributed by atoms with E-state index >= 15 is 0 Å². The highest BCUT2D eigenvalue weighted by Crippen LogP contribution is 2.37. The van der Waals surface area contributed by atoms with Crippen molar-refractivity contribution in [3.8, 4) is 5.75 Å². The van der Waals surface area contributed by atoms with Gasteiger partial charge in [-0.05, 0) is 24.7 Å². The van der Waals surface area contributed by atoms with E-state index in [1.807, 2.05) is 48.7 Å². The summed E-state index contributed by atoms with van der Waals surface area (Å²) in [6, 6.07) is 13.8. The van der Waals surface area contributed by atoms with Gasteiger partial charge in [0.05, 0.1) is 11.7 Å². The summed E-state index contributed by atoms with van der Waals surface area (Å²) >= 11 is 0. The van der Waals surface area contributed by atoms with E-state index in [1.165, 1.54) is 0 Å². The molecule has 134 valence electrons. The molecule has 0 saturated carbocycles. The number of pyridine rings is 2. The second-order valence-corrected chi connectivity index (χ2v) is 6.71. The molecule has 0 radical (unpaired) electrons. The molecule has 1 aliphatic heterocycles. The van der Waals surface area contributed by atoms with Crippen molar-refractivity contribution in [1.29, 1.82) is 0 Å². The Hall–Kier alpha value is -2.50. The molecule has 3 heterocycles. The summed E-state index contributed by atoms with van der Waals surface area (Å²) in [6.07, 6.45) is 3.54. The van der Waals surface area contributed by atoms with Crippen LogP contribution in [0.3, 0.4) is 0 Å². The van der Waals surface area contributed by atoms with Crippen LogP contribution in [-0.4, -0.2) is 57.6 Å². The van der Waals surface area contributed by atoms with Gasteiger partial charge in [0, 0.05) is 49.5 Å². The van der Waals surface area contributed by atoms with Crippen molar-refractivity contribution in [2.24, 2.45) is 0 Å². The highest BCUT2D eigenvalue weighted by atomic mass is 16.3. The normalized spacial score (nSPS) is 17.4. The number of aromatic nitrogens is 2. The molecule has 0 aliphatic carbocycles. The molecule has 5 nitrogen and oxygen atoms in total. The zero-order valence-electron chi connectivity index (χ0n) is 15.0. The van der Waals surface area contributed by atoms with Crippen molar-refractivity contribution in [3.63, 3.8) is 0 Å². The van der Waals surface area contributed by atoms with Crippen LogP contribution in [0.2, 0.25) is 0 Å². The summed E-state index contributed by atoms with van der Waals surface area (Å²) in [7, 11) is 0. The summed E-state index contributed by atoms with van der Waals surface area (Å²) in [6.45, 7) is 7.25. The molecule has 1 atom stereocenters. The minimum Gasteiger partial charge on any atom is -0.505 e. The number of hydrogen-bond donors (Lipinski definition) is 1. The third kappa shape index (κ3) is 3.16. The van der Waals surface area contributed by atoms with Crippen LogP contribution in [0.15, 0.2) is 54.9 Å². The first-order chi connectivity index (χ1) is 12.8. The van der Waals surface area contributed by atoms with E-state index in [1.54, 1.807) is 6.20 Å². The van der Waals surface area contributed by atoms with E-state index in [0.717, 1.165) is 49.4 Å². The Morgan fingerprint density at radius 3 is 2.50 bits per heavy atom. The van der Waals surface area contributed by atoms with E-state index in [-0.39, 0.29) is 11.8 Å². The van der Waals surface area contributed by atoms with E-state index in [4.69, 9.17) is 0 Å². The number of fused-ring (bicyclic) bond motifs is 1. The molecule has 0 bridgehead atoms. The number of phenols is 1. The predicted octanol–water partition coefficient (Wildman–Crippen LogP) is 3.06. The van der Waals surface area contributed by atoms with Crippen molar-refractivity contribution >= 4 is 10.9 Å². The lowest BCUT2D eigenvalue weighted by Crippen LogP contribution is -2.47. The Kier molecular flexibility index (Phi) is 4.82. The van der Waals surface area contributed by atoms with Crippen molar-refractivity contribution in [2.45, 2.75) is 13.0 Å². The number of benzene rings is 1. The van der Waals surface area contributed by atoms with Gasteiger partial charge in [0.15, 0.2) is 0 Å². The van der Waals surface area contributed by atoms with Gasteiger partial charge in [-0.25, -0.2) is 0 Å². The molecule has 26 heavy (non-hydrogen) atoms. The first kappa shape index (κ1) is 16.9. The molecule has 5 heteroatoms. The molecular formula is C21H24N4O. The predicted molar refractivity (Wildman–Crippen MR) is 103 cm³/mol. The zero-order valence-corrected chi connectivity index (χ0v) is 15.0. The van der Waals surface area contributed by atoms with Crippen LogP contribution in [0.25, 0.3) is 10.9 Å². The maximum atomic E-state index is 11.0. The number of likely N-dealkylation sites (N-methyl/N-ethyl adjacent to an activating group) is 1. The average Bonchev–Trinajstić information content (AvgIpc) is 2.71. The highest BCUT2D eigenvalue weighted by molar-refractivity contribution is 5.85. The maximum absolute atomic E-state index is 11.0. The van der Waals surface area contributed by atoms with Gasteiger partial charge in [-0.15, -0.1) is 0 Å². The van der Waals surface area contributed by atoms with Crippen LogP contribution in [0.4, 0.5) is 0 Å². The number of aromatic hydroxyl groups is 1. The molecule has 0 spiro atoms. The third-order valence-electron chi connectivity index (χ3n) is 5.26. The Morgan fingerprint density at radius 2 is 1.77 bits per heavy atom. The Balaban J connectivity index is 1.78. The largest absolute Gasteiger partial charge is 0.505 e. The maximum Gasteiger partial charge on any atom is 0.146 e. The minimum absolute atomic E-state index is 0.0680. The standard InChI is InChI=1S/C21H24N4O/c1-2-24-12-14-25(15-13-24)20(18-7-3-4-10-22-18)17-9-8-16-6-5-11-23-19(16)21(17)26/h3-11,20,26H,2,12-15H2,1H3. The molecule has 1 aromatic carbocycles. The van der Waals surface area contributed by atoms with Gasteiger partial charge in [-0.1, -0.05) is 31.2 Å². The SMILES string of the molecule is CCN1CCN(C(c2ccccn2)c2ccc3cccnc3c2O)CC1. The molecule has 1 saturated heterocycles. The molecule has 2 aromatic heterocycles. The second-order valence-electron chi connectivity index (χ2n) is 6.71. The van der Waals surface area contributed by atoms with Crippen LogP contribution >= 0.6 is 0 Å². The van der Waals surface area contributed by atoms with Gasteiger partial charge >= 0.3 is 0 Å². The fourth-order valence-corrected chi connectivity index (χ4v) is 3.78. The number of rotatable bonds is 4. The molecule has 3 aromatic rings. The summed E-state index contributed by atoms with van der Waals surface area (Å²) < 4.78 is 0. The Bertz CT molecular complexity index is 876. The van der Waals surface area contributed by atoms with Crippen LogP contribution in [-0.2, 0) is 0 Å². The zero-order chi connectivity index (χ0) is 17.9. The van der Waals surface area contributed by atoms with Gasteiger partial charge in [0.2, 0.25) is 0 Å². The van der Waals surface area contributed by atoms with Gasteiger partial charge in [-0.3, -0.25) is 14.9 Å². The number of nitrogens with zero attached hydrogens (tertiary/aromatic N) is 4. The van der Waals surface area contributed by atoms with Gasteiger partial charge in [0.1, 0.15) is 11.3 Å². The van der Waals surface area contributed by atoms with Crippen LogP contribution < -0.4 is 0 Å². The lowest BCUT2D eigenvalue weighted by Gasteiger charge is -2.39. The highest BCUT2D eigenvalue weighted by Gasteiger charge is 2.29. The first-order valence-electron chi connectivity index (χ1n) is 9.22. The van der Waals surface area contributed by atoms with Crippen molar-refractivity contribution < 1.29 is 5.11 Å². The summed E-state index contributed by atoms with van der Waals surface area (Å²) in [5.41, 5.74) is 2.49. The summed E-state index contributed by atoms with van der Waals surface area (Å²) in [5.74, 6) is 0.261. The van der Waals surface area contributed by atoms with Crippen LogP contribution in [0.5, 0.6) is 5.75 Å². The Labute approximate surface area is 153 Å². The molecule has 1 aliphatic rings. The number of hydrogen-bond acceptors (Lipinski definition) is 5. The van der Waals surface area contributed by atoms with Gasteiger partial charge in [0.25, 0.3) is 0 Å². The van der Waals surface area contributed by atoms with Crippen molar-refractivity contribution in [3.05, 3.63) is 66.1 Å². The summed E-state index contributed by atoms with van der Waals surface area (Å²) in [4.78, 5) is 13.9.